The molecule has 1 aliphatic heterocycles. The molecule has 0 aromatic carbocycles. The van der Waals surface area contributed by atoms with Gasteiger partial charge in [0.2, 0.25) is 5.78 Å². The molecule has 1 atom stereocenters. The number of fused-ring (bicyclic) bond motifs is 1. The van der Waals surface area contributed by atoms with Crippen LogP contribution in [0.5, 0.6) is 0 Å². The van der Waals surface area contributed by atoms with Crippen molar-refractivity contribution in [3.8, 4) is 0 Å². The van der Waals surface area contributed by atoms with E-state index in [-0.39, 0.29) is 17.7 Å². The minimum Gasteiger partial charge on any atom is -0.465 e. The zero-order valence-corrected chi connectivity index (χ0v) is 13.2. The second-order valence-corrected chi connectivity index (χ2v) is 5.80. The Kier molecular flexibility index (Phi) is 3.83. The average molecular weight is 321 g/mol. The van der Waals surface area contributed by atoms with Crippen molar-refractivity contribution in [3.63, 3.8) is 0 Å². The molecule has 3 rings (SSSR count). The fourth-order valence-electron chi connectivity index (χ4n) is 3.06. The Labute approximate surface area is 133 Å². The van der Waals surface area contributed by atoms with E-state index < -0.39 is 0 Å². The first kappa shape index (κ1) is 14.9. The van der Waals surface area contributed by atoms with E-state index in [9.17, 15) is 9.59 Å². The first-order valence-electron chi connectivity index (χ1n) is 7.28. The number of ether oxygens (including phenoxy) is 1. The monoisotopic (exact) mass is 320 g/mol. The lowest BCUT2D eigenvalue weighted by molar-refractivity contribution is -0.144. The predicted octanol–water partition coefficient (Wildman–Crippen LogP) is 3.06. The smallest absolute Gasteiger partial charge is 0.315 e. The van der Waals surface area contributed by atoms with E-state index in [0.29, 0.717) is 36.1 Å². The number of rotatable bonds is 4. The molecule has 0 aliphatic carbocycles. The summed E-state index contributed by atoms with van der Waals surface area (Å²) in [6.07, 6.45) is 0.667. The summed E-state index contributed by atoms with van der Waals surface area (Å²) in [4.78, 5) is 27.6. The Bertz CT molecular complexity index is 745. The van der Waals surface area contributed by atoms with Crippen molar-refractivity contribution in [2.75, 3.05) is 6.61 Å². The minimum absolute atomic E-state index is 0.111. The van der Waals surface area contributed by atoms with Gasteiger partial charge in [-0.25, -0.2) is 0 Å². The molecule has 2 aromatic heterocycles. The van der Waals surface area contributed by atoms with Gasteiger partial charge in [-0.2, -0.15) is 0 Å². The van der Waals surface area contributed by atoms with Gasteiger partial charge >= 0.3 is 5.97 Å². The Morgan fingerprint density at radius 1 is 1.45 bits per heavy atom. The number of carbonyl (C=O) groups is 2. The number of aromatic amines is 1. The van der Waals surface area contributed by atoms with Crippen molar-refractivity contribution in [1.29, 1.82) is 0 Å². The van der Waals surface area contributed by atoms with Gasteiger partial charge in [-0.15, -0.1) is 0 Å². The fraction of sp³-hybridized carbons (Fsp3) is 0.375. The standard InChI is InChI=1S/C16H17ClN2O3/c1-3-22-16(21)10-6-7-19-12(10)8-9(2)14(19)15(20)11-4-5-13(17)18-11/h4-5,8,10,18H,3,6-7H2,1-2H3. The molecule has 5 nitrogen and oxygen atoms in total. The van der Waals surface area contributed by atoms with Crippen LogP contribution in [0.4, 0.5) is 0 Å². The molecule has 22 heavy (non-hydrogen) atoms. The number of ketones is 1. The quantitative estimate of drug-likeness (QED) is 0.695. The van der Waals surface area contributed by atoms with Crippen molar-refractivity contribution >= 4 is 23.4 Å². The maximum absolute atomic E-state index is 12.7. The molecule has 116 valence electrons. The normalized spacial score (nSPS) is 16.6. The van der Waals surface area contributed by atoms with E-state index in [0.717, 1.165) is 11.3 Å². The highest BCUT2D eigenvalue weighted by molar-refractivity contribution is 6.30. The molecule has 0 fully saturated rings. The lowest BCUT2D eigenvalue weighted by Crippen LogP contribution is -2.13. The van der Waals surface area contributed by atoms with Crippen molar-refractivity contribution < 1.29 is 14.3 Å². The summed E-state index contributed by atoms with van der Waals surface area (Å²) in [5.74, 6) is -0.617. The molecular weight excluding hydrogens is 304 g/mol. The number of hydrogen-bond acceptors (Lipinski definition) is 3. The number of halogens is 1. The molecule has 0 bridgehead atoms. The summed E-state index contributed by atoms with van der Waals surface area (Å²) in [5.41, 5.74) is 2.78. The average Bonchev–Trinajstić information content (AvgIpc) is 3.13. The van der Waals surface area contributed by atoms with Crippen LogP contribution in [-0.4, -0.2) is 27.9 Å². The third kappa shape index (κ3) is 2.35. The van der Waals surface area contributed by atoms with Crippen LogP contribution in [0.2, 0.25) is 5.15 Å². The second-order valence-electron chi connectivity index (χ2n) is 5.39. The van der Waals surface area contributed by atoms with Crippen molar-refractivity contribution in [1.82, 2.24) is 9.55 Å². The van der Waals surface area contributed by atoms with Crippen LogP contribution in [0.1, 0.15) is 46.7 Å². The molecule has 0 spiro atoms. The Morgan fingerprint density at radius 3 is 2.86 bits per heavy atom. The van der Waals surface area contributed by atoms with E-state index in [4.69, 9.17) is 16.3 Å². The summed E-state index contributed by atoms with van der Waals surface area (Å²) in [6, 6.07) is 5.23. The van der Waals surface area contributed by atoms with Gasteiger partial charge < -0.3 is 14.3 Å². The summed E-state index contributed by atoms with van der Waals surface area (Å²) in [7, 11) is 0. The zero-order valence-electron chi connectivity index (χ0n) is 12.5. The molecule has 1 aliphatic rings. The highest BCUT2D eigenvalue weighted by atomic mass is 35.5. The van der Waals surface area contributed by atoms with E-state index in [1.165, 1.54) is 0 Å². The molecule has 2 aromatic rings. The number of nitrogens with zero attached hydrogens (tertiary/aromatic N) is 1. The van der Waals surface area contributed by atoms with E-state index in [1.807, 2.05) is 17.6 Å². The molecule has 1 N–H and O–H groups in total. The van der Waals surface area contributed by atoms with Gasteiger partial charge in [0.25, 0.3) is 0 Å². The second kappa shape index (κ2) is 5.65. The van der Waals surface area contributed by atoms with Crippen LogP contribution in [0.25, 0.3) is 0 Å². The molecular formula is C16H17ClN2O3. The molecule has 1 unspecified atom stereocenters. The van der Waals surface area contributed by atoms with Crippen LogP contribution in [0.15, 0.2) is 18.2 Å². The SMILES string of the molecule is CCOC(=O)C1CCn2c1cc(C)c2C(=O)c1ccc(Cl)[nH]1. The Balaban J connectivity index is 1.97. The largest absolute Gasteiger partial charge is 0.465 e. The van der Waals surface area contributed by atoms with Crippen LogP contribution in [0.3, 0.4) is 0 Å². The van der Waals surface area contributed by atoms with Crippen LogP contribution in [0, 0.1) is 6.92 Å². The Hall–Kier alpha value is -2.01. The molecule has 0 amide bonds. The number of hydrogen-bond donors (Lipinski definition) is 1. The third-order valence-electron chi connectivity index (χ3n) is 4.00. The molecule has 3 heterocycles. The van der Waals surface area contributed by atoms with Crippen LogP contribution >= 0.6 is 11.6 Å². The van der Waals surface area contributed by atoms with Gasteiger partial charge in [0, 0.05) is 12.2 Å². The summed E-state index contributed by atoms with van der Waals surface area (Å²) in [5, 5.41) is 0.429. The highest BCUT2D eigenvalue weighted by Crippen LogP contribution is 2.34. The molecule has 0 saturated carbocycles. The van der Waals surface area contributed by atoms with Gasteiger partial charge in [-0.3, -0.25) is 9.59 Å². The van der Waals surface area contributed by atoms with Gasteiger partial charge in [-0.05, 0) is 44.0 Å². The summed E-state index contributed by atoms with van der Waals surface area (Å²) < 4.78 is 7.04. The maximum Gasteiger partial charge on any atom is 0.315 e. The number of carbonyl (C=O) groups excluding carboxylic acids is 2. The van der Waals surface area contributed by atoms with Crippen molar-refractivity contribution in [2.45, 2.75) is 32.7 Å². The lowest BCUT2D eigenvalue weighted by atomic mass is 10.0. The highest BCUT2D eigenvalue weighted by Gasteiger charge is 2.34. The van der Waals surface area contributed by atoms with Gasteiger partial charge in [0.05, 0.1) is 23.9 Å². The van der Waals surface area contributed by atoms with Crippen molar-refractivity contribution in [3.05, 3.63) is 46.0 Å². The maximum atomic E-state index is 12.7. The number of nitrogens with one attached hydrogen (secondary N) is 1. The Morgan fingerprint density at radius 2 is 2.23 bits per heavy atom. The first-order chi connectivity index (χ1) is 10.5. The topological polar surface area (TPSA) is 64.1 Å². The third-order valence-corrected chi connectivity index (χ3v) is 4.22. The van der Waals surface area contributed by atoms with E-state index >= 15 is 0 Å². The van der Waals surface area contributed by atoms with E-state index in [2.05, 4.69) is 4.98 Å². The number of aromatic nitrogens is 2. The lowest BCUT2D eigenvalue weighted by Gasteiger charge is -2.07. The molecule has 0 radical (unpaired) electrons. The van der Waals surface area contributed by atoms with Gasteiger partial charge in [-0.1, -0.05) is 11.6 Å². The number of esters is 1. The van der Waals surface area contributed by atoms with Crippen LogP contribution in [-0.2, 0) is 16.1 Å². The van der Waals surface area contributed by atoms with Crippen molar-refractivity contribution in [2.24, 2.45) is 0 Å². The first-order valence-corrected chi connectivity index (χ1v) is 7.66. The van der Waals surface area contributed by atoms with Gasteiger partial charge in [0.1, 0.15) is 5.15 Å². The molecule has 0 saturated heterocycles. The van der Waals surface area contributed by atoms with Crippen LogP contribution < -0.4 is 0 Å². The summed E-state index contributed by atoms with van der Waals surface area (Å²) >= 11 is 5.85. The molecule has 6 heteroatoms. The minimum atomic E-state index is -0.285. The summed E-state index contributed by atoms with van der Waals surface area (Å²) in [6.45, 7) is 4.68. The van der Waals surface area contributed by atoms with E-state index in [1.54, 1.807) is 19.1 Å². The predicted molar refractivity (Wildman–Crippen MR) is 82.4 cm³/mol. The fourth-order valence-corrected chi connectivity index (χ4v) is 3.22. The van der Waals surface area contributed by atoms with Gasteiger partial charge in [0.15, 0.2) is 0 Å². The number of aryl methyl sites for hydroxylation is 1. The zero-order chi connectivity index (χ0) is 15.9. The number of H-pyrrole nitrogens is 1.